The molecule has 1 aromatic rings. The number of ether oxygens (including phenoxy) is 1. The Morgan fingerprint density at radius 2 is 2.00 bits per heavy atom. The second-order valence-corrected chi connectivity index (χ2v) is 2.91. The lowest BCUT2D eigenvalue weighted by Gasteiger charge is -1.99. The van der Waals surface area contributed by atoms with Gasteiger partial charge in [-0.25, -0.2) is 4.79 Å². The Balaban J connectivity index is 2.71. The van der Waals surface area contributed by atoms with E-state index < -0.39 is 6.16 Å². The van der Waals surface area contributed by atoms with Crippen LogP contribution in [0.15, 0.2) is 24.3 Å². The lowest BCUT2D eigenvalue weighted by atomic mass is 10.2. The van der Waals surface area contributed by atoms with Crippen molar-refractivity contribution in [2.45, 2.75) is 4.43 Å². The van der Waals surface area contributed by atoms with Crippen LogP contribution < -0.4 is 4.74 Å². The zero-order valence-corrected chi connectivity index (χ0v) is 8.32. The fraction of sp³-hybridized carbons (Fsp3) is 0.125. The third-order valence-corrected chi connectivity index (χ3v) is 2.16. The summed E-state index contributed by atoms with van der Waals surface area (Å²) in [5.41, 5.74) is 1.15. The van der Waals surface area contributed by atoms with Crippen molar-refractivity contribution in [2.75, 3.05) is 0 Å². The Morgan fingerprint density at radius 1 is 1.42 bits per heavy atom. The summed E-state index contributed by atoms with van der Waals surface area (Å²) in [5, 5.41) is 8.27. The van der Waals surface area contributed by atoms with Crippen molar-refractivity contribution >= 4 is 28.7 Å². The van der Waals surface area contributed by atoms with E-state index in [-0.39, 0.29) is 0 Å². The zero-order chi connectivity index (χ0) is 8.97. The second kappa shape index (κ2) is 4.30. The van der Waals surface area contributed by atoms with Crippen molar-refractivity contribution in [1.29, 1.82) is 0 Å². The molecule has 3 nitrogen and oxygen atoms in total. The Hall–Kier alpha value is -0.780. The van der Waals surface area contributed by atoms with E-state index in [0.29, 0.717) is 5.75 Å². The summed E-state index contributed by atoms with van der Waals surface area (Å²) in [6, 6.07) is 6.96. The van der Waals surface area contributed by atoms with Gasteiger partial charge in [0.2, 0.25) is 0 Å². The molecule has 0 saturated carbocycles. The molecule has 0 aromatic heterocycles. The summed E-state index contributed by atoms with van der Waals surface area (Å²) in [5.74, 6) is 0.358. The van der Waals surface area contributed by atoms with E-state index >= 15 is 0 Å². The molecule has 0 radical (unpaired) electrons. The van der Waals surface area contributed by atoms with Crippen LogP contribution in [0.25, 0.3) is 0 Å². The molecule has 0 spiro atoms. The number of hydrogen-bond acceptors (Lipinski definition) is 2. The van der Waals surface area contributed by atoms with Gasteiger partial charge in [-0.3, -0.25) is 0 Å². The topological polar surface area (TPSA) is 46.5 Å². The van der Waals surface area contributed by atoms with Crippen molar-refractivity contribution in [3.63, 3.8) is 0 Å². The second-order valence-electron chi connectivity index (χ2n) is 2.15. The molecule has 1 aromatic carbocycles. The molecule has 64 valence electrons. The highest BCUT2D eigenvalue weighted by molar-refractivity contribution is 14.1. The van der Waals surface area contributed by atoms with Crippen LogP contribution in [-0.2, 0) is 4.43 Å². The summed E-state index contributed by atoms with van der Waals surface area (Å²) >= 11 is 2.23. The number of hydrogen-bond donors (Lipinski definition) is 1. The molecule has 0 aliphatic carbocycles. The van der Waals surface area contributed by atoms with Crippen LogP contribution >= 0.6 is 22.6 Å². The van der Waals surface area contributed by atoms with Crippen LogP contribution in [0.1, 0.15) is 5.56 Å². The maximum Gasteiger partial charge on any atom is 0.511 e. The van der Waals surface area contributed by atoms with Crippen LogP contribution in [-0.4, -0.2) is 11.3 Å². The number of benzene rings is 1. The first-order chi connectivity index (χ1) is 5.72. The van der Waals surface area contributed by atoms with E-state index in [2.05, 4.69) is 27.3 Å². The average Bonchev–Trinajstić information content (AvgIpc) is 2.05. The van der Waals surface area contributed by atoms with E-state index in [9.17, 15) is 4.79 Å². The Morgan fingerprint density at radius 3 is 2.42 bits per heavy atom. The van der Waals surface area contributed by atoms with E-state index in [4.69, 9.17) is 5.11 Å². The van der Waals surface area contributed by atoms with Crippen LogP contribution in [0.4, 0.5) is 4.79 Å². The fourth-order valence-corrected chi connectivity index (χ4v) is 1.26. The van der Waals surface area contributed by atoms with Crippen LogP contribution in [0, 0.1) is 0 Å². The van der Waals surface area contributed by atoms with Gasteiger partial charge in [0.1, 0.15) is 5.75 Å². The molecule has 0 bridgehead atoms. The largest absolute Gasteiger partial charge is 0.511 e. The van der Waals surface area contributed by atoms with Gasteiger partial charge in [0.15, 0.2) is 0 Å². The molecular weight excluding hydrogens is 271 g/mol. The molecule has 0 fully saturated rings. The molecule has 0 atom stereocenters. The zero-order valence-electron chi connectivity index (χ0n) is 6.16. The molecule has 0 saturated heterocycles. The highest BCUT2D eigenvalue weighted by atomic mass is 127. The van der Waals surface area contributed by atoms with Crippen LogP contribution in [0.5, 0.6) is 5.75 Å². The van der Waals surface area contributed by atoms with Crippen molar-refractivity contribution in [1.82, 2.24) is 0 Å². The summed E-state index contributed by atoms with van der Waals surface area (Å²) in [6.07, 6.45) is -1.28. The first-order valence-electron chi connectivity index (χ1n) is 3.28. The van der Waals surface area contributed by atoms with Crippen molar-refractivity contribution in [2.24, 2.45) is 0 Å². The van der Waals surface area contributed by atoms with Crippen molar-refractivity contribution in [3.05, 3.63) is 29.8 Å². The first kappa shape index (κ1) is 9.31. The van der Waals surface area contributed by atoms with E-state index in [0.717, 1.165) is 9.99 Å². The Kier molecular flexibility index (Phi) is 3.33. The molecule has 1 N–H and O–H groups in total. The highest BCUT2D eigenvalue weighted by Crippen LogP contribution is 2.13. The monoisotopic (exact) mass is 278 g/mol. The molecule has 0 amide bonds. The van der Waals surface area contributed by atoms with E-state index in [1.54, 1.807) is 12.1 Å². The lowest BCUT2D eigenvalue weighted by molar-refractivity contribution is 0.144. The van der Waals surface area contributed by atoms with Crippen LogP contribution in [0.3, 0.4) is 0 Å². The maximum absolute atomic E-state index is 10.1. The van der Waals surface area contributed by atoms with Gasteiger partial charge in [-0.1, -0.05) is 34.7 Å². The van der Waals surface area contributed by atoms with Gasteiger partial charge in [-0.05, 0) is 17.7 Å². The number of rotatable bonds is 2. The molecule has 0 heterocycles. The summed E-state index contributed by atoms with van der Waals surface area (Å²) in [4.78, 5) is 10.1. The summed E-state index contributed by atoms with van der Waals surface area (Å²) in [7, 11) is 0. The summed E-state index contributed by atoms with van der Waals surface area (Å²) < 4.78 is 5.34. The van der Waals surface area contributed by atoms with Crippen LogP contribution in [0.2, 0.25) is 0 Å². The predicted molar refractivity (Wildman–Crippen MR) is 52.8 cm³/mol. The van der Waals surface area contributed by atoms with Gasteiger partial charge < -0.3 is 9.84 Å². The van der Waals surface area contributed by atoms with Gasteiger partial charge >= 0.3 is 6.16 Å². The smallest absolute Gasteiger partial charge is 0.449 e. The van der Waals surface area contributed by atoms with Gasteiger partial charge in [0.25, 0.3) is 0 Å². The van der Waals surface area contributed by atoms with Gasteiger partial charge in [0.05, 0.1) is 0 Å². The molecule has 0 aliphatic heterocycles. The minimum atomic E-state index is -1.28. The quantitative estimate of drug-likeness (QED) is 0.391. The number of carboxylic acid groups (broad SMARTS) is 1. The minimum Gasteiger partial charge on any atom is -0.449 e. The SMILES string of the molecule is O=C(O)Oc1ccc(CI)cc1. The molecule has 0 unspecified atom stereocenters. The standard InChI is InChI=1S/C8H7IO3/c9-5-6-1-3-7(4-2-6)12-8(10)11/h1-4H,5H2,(H,10,11). The molecule has 1 rings (SSSR count). The average molecular weight is 278 g/mol. The number of halogens is 1. The normalized spacial score (nSPS) is 9.42. The highest BCUT2D eigenvalue weighted by Gasteiger charge is 1.99. The minimum absolute atomic E-state index is 0.358. The van der Waals surface area contributed by atoms with E-state index in [1.165, 1.54) is 0 Å². The van der Waals surface area contributed by atoms with Gasteiger partial charge in [0, 0.05) is 4.43 Å². The molecule has 4 heteroatoms. The number of carbonyl (C=O) groups is 1. The van der Waals surface area contributed by atoms with Crippen molar-refractivity contribution < 1.29 is 14.6 Å². The Bertz CT molecular complexity index is 268. The number of alkyl halides is 1. The third kappa shape index (κ3) is 2.69. The predicted octanol–water partition coefficient (Wildman–Crippen LogP) is 2.68. The summed E-state index contributed by atoms with van der Waals surface area (Å²) in [6.45, 7) is 0. The molecular formula is C8H7IO3. The van der Waals surface area contributed by atoms with Crippen molar-refractivity contribution in [3.8, 4) is 5.75 Å². The molecule has 0 aliphatic rings. The molecule has 12 heavy (non-hydrogen) atoms. The van der Waals surface area contributed by atoms with Gasteiger partial charge in [-0.15, -0.1) is 0 Å². The lowest BCUT2D eigenvalue weighted by Crippen LogP contribution is -2.02. The first-order valence-corrected chi connectivity index (χ1v) is 4.80. The Labute approximate surface area is 83.5 Å². The van der Waals surface area contributed by atoms with E-state index in [1.807, 2.05) is 12.1 Å². The third-order valence-electron chi connectivity index (χ3n) is 1.28. The fourth-order valence-electron chi connectivity index (χ4n) is 0.747. The van der Waals surface area contributed by atoms with Gasteiger partial charge in [-0.2, -0.15) is 0 Å². The maximum atomic E-state index is 10.1.